The Morgan fingerprint density at radius 3 is 2.53 bits per heavy atom. The van der Waals surface area contributed by atoms with Crippen LogP contribution in [0.2, 0.25) is 5.02 Å². The van der Waals surface area contributed by atoms with Crippen LogP contribution < -0.4 is 5.32 Å². The third-order valence-electron chi connectivity index (χ3n) is 1.94. The van der Waals surface area contributed by atoms with Gasteiger partial charge in [0.25, 0.3) is 0 Å². The van der Waals surface area contributed by atoms with Gasteiger partial charge in [-0.15, -0.1) is 11.6 Å². The molecule has 0 bridgehead atoms. The Kier molecular flexibility index (Phi) is 4.26. The standard InChI is InChI=1S/C8H8Cl2F3N3O/c1-16-4(3-14-5(17)2-9)6(10)7(15-16)8(11,12)13/h2-3H2,1H3,(H,14,17). The number of carbonyl (C=O) groups excluding carboxylic acids is 1. The predicted octanol–water partition coefficient (Wildman–Crippen LogP) is 1.95. The lowest BCUT2D eigenvalue weighted by Crippen LogP contribution is -2.25. The van der Waals surface area contributed by atoms with Crippen molar-refractivity contribution in [2.24, 2.45) is 7.05 Å². The summed E-state index contributed by atoms with van der Waals surface area (Å²) in [5.74, 6) is -0.779. The molecule has 1 N–H and O–H groups in total. The van der Waals surface area contributed by atoms with E-state index in [1.807, 2.05) is 0 Å². The van der Waals surface area contributed by atoms with Gasteiger partial charge >= 0.3 is 6.18 Å². The van der Waals surface area contributed by atoms with Crippen LogP contribution in [-0.4, -0.2) is 21.6 Å². The van der Waals surface area contributed by atoms with E-state index in [0.717, 1.165) is 4.68 Å². The van der Waals surface area contributed by atoms with Crippen LogP contribution in [0.1, 0.15) is 11.4 Å². The Morgan fingerprint density at radius 2 is 2.12 bits per heavy atom. The van der Waals surface area contributed by atoms with Gasteiger partial charge in [0.2, 0.25) is 5.91 Å². The molecule has 0 aliphatic rings. The highest BCUT2D eigenvalue weighted by Crippen LogP contribution is 2.35. The van der Waals surface area contributed by atoms with E-state index in [1.54, 1.807) is 0 Å². The van der Waals surface area contributed by atoms with E-state index in [-0.39, 0.29) is 18.1 Å². The number of nitrogens with zero attached hydrogens (tertiary/aromatic N) is 2. The Labute approximate surface area is 105 Å². The molecule has 1 rings (SSSR count). The van der Waals surface area contributed by atoms with Crippen molar-refractivity contribution in [3.05, 3.63) is 16.4 Å². The fraction of sp³-hybridized carbons (Fsp3) is 0.500. The normalized spacial score (nSPS) is 11.6. The van der Waals surface area contributed by atoms with Crippen LogP contribution in [0.5, 0.6) is 0 Å². The zero-order valence-corrected chi connectivity index (χ0v) is 10.1. The van der Waals surface area contributed by atoms with E-state index in [4.69, 9.17) is 23.2 Å². The zero-order chi connectivity index (χ0) is 13.2. The molecule has 96 valence electrons. The SMILES string of the molecule is Cn1nc(C(F)(F)F)c(Cl)c1CNC(=O)CCl. The minimum Gasteiger partial charge on any atom is -0.349 e. The van der Waals surface area contributed by atoms with Crippen molar-refractivity contribution < 1.29 is 18.0 Å². The second-order valence-electron chi connectivity index (χ2n) is 3.14. The first-order valence-electron chi connectivity index (χ1n) is 4.38. The number of carbonyl (C=O) groups is 1. The summed E-state index contributed by atoms with van der Waals surface area (Å²) in [5, 5.41) is 5.05. The average molecular weight is 290 g/mol. The second kappa shape index (κ2) is 5.14. The number of alkyl halides is 4. The summed E-state index contributed by atoms with van der Waals surface area (Å²) in [4.78, 5) is 10.9. The van der Waals surface area contributed by atoms with Gasteiger partial charge in [0.15, 0.2) is 5.69 Å². The fourth-order valence-corrected chi connectivity index (χ4v) is 1.56. The van der Waals surface area contributed by atoms with Gasteiger partial charge in [0.1, 0.15) is 5.88 Å². The van der Waals surface area contributed by atoms with Crippen LogP contribution in [0.15, 0.2) is 0 Å². The summed E-state index contributed by atoms with van der Waals surface area (Å²) in [6, 6.07) is 0. The van der Waals surface area contributed by atoms with Gasteiger partial charge in [-0.3, -0.25) is 9.48 Å². The van der Waals surface area contributed by atoms with Crippen molar-refractivity contribution in [1.29, 1.82) is 0 Å². The lowest BCUT2D eigenvalue weighted by atomic mass is 10.3. The van der Waals surface area contributed by atoms with Crippen LogP contribution >= 0.6 is 23.2 Å². The highest BCUT2D eigenvalue weighted by atomic mass is 35.5. The van der Waals surface area contributed by atoms with Gasteiger partial charge in [0, 0.05) is 7.05 Å². The number of hydrogen-bond acceptors (Lipinski definition) is 2. The van der Waals surface area contributed by atoms with Crippen LogP contribution in [0.25, 0.3) is 0 Å². The van der Waals surface area contributed by atoms with Gasteiger partial charge in [-0.2, -0.15) is 18.3 Å². The maximum absolute atomic E-state index is 12.4. The Morgan fingerprint density at radius 1 is 1.53 bits per heavy atom. The molecule has 1 amide bonds. The largest absolute Gasteiger partial charge is 0.436 e. The Bertz CT molecular complexity index is 430. The van der Waals surface area contributed by atoms with Crippen LogP contribution in [0, 0.1) is 0 Å². The fourth-order valence-electron chi connectivity index (χ4n) is 1.14. The molecule has 0 fully saturated rings. The first kappa shape index (κ1) is 14.1. The van der Waals surface area contributed by atoms with Gasteiger partial charge in [-0.05, 0) is 0 Å². The quantitative estimate of drug-likeness (QED) is 0.865. The topological polar surface area (TPSA) is 46.9 Å². The lowest BCUT2D eigenvalue weighted by molar-refractivity contribution is -0.141. The summed E-state index contributed by atoms with van der Waals surface area (Å²) >= 11 is 10.8. The van der Waals surface area contributed by atoms with Crippen molar-refractivity contribution >= 4 is 29.1 Å². The molecular formula is C8H8Cl2F3N3O. The van der Waals surface area contributed by atoms with E-state index in [0.29, 0.717) is 0 Å². The number of amides is 1. The summed E-state index contributed by atoms with van der Waals surface area (Å²) in [6.45, 7) is -0.163. The lowest BCUT2D eigenvalue weighted by Gasteiger charge is -2.04. The van der Waals surface area contributed by atoms with E-state index < -0.39 is 22.8 Å². The number of halogens is 5. The molecule has 0 spiro atoms. The molecule has 17 heavy (non-hydrogen) atoms. The highest BCUT2D eigenvalue weighted by molar-refractivity contribution is 6.32. The molecule has 4 nitrogen and oxygen atoms in total. The molecule has 1 aromatic rings. The third kappa shape index (κ3) is 3.26. The molecule has 0 aromatic carbocycles. The number of aryl methyl sites for hydroxylation is 1. The average Bonchev–Trinajstić information content (AvgIpc) is 2.51. The van der Waals surface area contributed by atoms with Gasteiger partial charge in [-0.25, -0.2) is 0 Å². The molecule has 0 aliphatic carbocycles. The van der Waals surface area contributed by atoms with Crippen molar-refractivity contribution in [2.45, 2.75) is 12.7 Å². The molecule has 0 radical (unpaired) electrons. The molecule has 0 aliphatic heterocycles. The Hall–Kier alpha value is -0.950. The van der Waals surface area contributed by atoms with E-state index >= 15 is 0 Å². The van der Waals surface area contributed by atoms with E-state index in [9.17, 15) is 18.0 Å². The number of hydrogen-bond donors (Lipinski definition) is 1. The van der Waals surface area contributed by atoms with E-state index in [2.05, 4.69) is 10.4 Å². The summed E-state index contributed by atoms with van der Waals surface area (Å²) in [5.41, 5.74) is -1.10. The molecular weight excluding hydrogens is 282 g/mol. The van der Waals surface area contributed by atoms with Crippen LogP contribution in [-0.2, 0) is 24.6 Å². The maximum atomic E-state index is 12.4. The third-order valence-corrected chi connectivity index (χ3v) is 2.58. The van der Waals surface area contributed by atoms with Crippen LogP contribution in [0.4, 0.5) is 13.2 Å². The number of nitrogens with one attached hydrogen (secondary N) is 1. The maximum Gasteiger partial charge on any atom is 0.436 e. The monoisotopic (exact) mass is 289 g/mol. The molecule has 0 atom stereocenters. The molecule has 1 aromatic heterocycles. The Balaban J connectivity index is 2.94. The smallest absolute Gasteiger partial charge is 0.349 e. The first-order valence-corrected chi connectivity index (χ1v) is 5.29. The van der Waals surface area contributed by atoms with Crippen molar-refractivity contribution in [2.75, 3.05) is 5.88 Å². The predicted molar refractivity (Wildman–Crippen MR) is 55.8 cm³/mol. The van der Waals surface area contributed by atoms with Gasteiger partial charge in [-0.1, -0.05) is 11.6 Å². The van der Waals surface area contributed by atoms with Gasteiger partial charge < -0.3 is 5.32 Å². The van der Waals surface area contributed by atoms with E-state index in [1.165, 1.54) is 7.05 Å². The second-order valence-corrected chi connectivity index (χ2v) is 3.79. The van der Waals surface area contributed by atoms with Crippen molar-refractivity contribution in [3.63, 3.8) is 0 Å². The molecule has 9 heteroatoms. The van der Waals surface area contributed by atoms with Crippen molar-refractivity contribution in [3.8, 4) is 0 Å². The molecule has 0 saturated carbocycles. The number of aromatic nitrogens is 2. The van der Waals surface area contributed by atoms with Gasteiger partial charge in [0.05, 0.1) is 17.3 Å². The summed E-state index contributed by atoms with van der Waals surface area (Å²) < 4.78 is 38.3. The zero-order valence-electron chi connectivity index (χ0n) is 8.61. The first-order chi connectivity index (χ1) is 7.77. The highest BCUT2D eigenvalue weighted by Gasteiger charge is 2.38. The number of rotatable bonds is 3. The molecule has 0 unspecified atom stereocenters. The minimum absolute atomic E-state index is 0.0671. The van der Waals surface area contributed by atoms with Crippen LogP contribution in [0.3, 0.4) is 0 Å². The molecule has 0 saturated heterocycles. The summed E-state index contributed by atoms with van der Waals surface area (Å²) in [7, 11) is 1.31. The van der Waals surface area contributed by atoms with Crippen molar-refractivity contribution in [1.82, 2.24) is 15.1 Å². The summed E-state index contributed by atoms with van der Waals surface area (Å²) in [6.07, 6.45) is -4.62. The molecule has 1 heterocycles. The minimum atomic E-state index is -4.62.